The lowest BCUT2D eigenvalue weighted by molar-refractivity contribution is 1.48. The van der Waals surface area contributed by atoms with Crippen molar-refractivity contribution >= 4 is 44.0 Å². The normalized spacial score (nSPS) is 10.2. The quantitative estimate of drug-likeness (QED) is 0.681. The molecule has 0 aliphatic carbocycles. The molecule has 0 unspecified atom stereocenters. The Morgan fingerprint density at radius 2 is 2.23 bits per heavy atom. The van der Waals surface area contributed by atoms with Crippen molar-refractivity contribution in [1.29, 1.82) is 5.26 Å². The van der Waals surface area contributed by atoms with Gasteiger partial charge in [-0.25, -0.2) is 0 Å². The fourth-order valence-corrected chi connectivity index (χ4v) is 3.24. The van der Waals surface area contributed by atoms with Gasteiger partial charge in [0.15, 0.2) is 0 Å². The van der Waals surface area contributed by atoms with E-state index in [9.17, 15) is 0 Å². The Hall–Kier alpha value is -0.600. The molecule has 1 nitrogen and oxygen atoms in total. The van der Waals surface area contributed by atoms with Crippen LogP contribution >= 0.6 is 33.9 Å². The van der Waals surface area contributed by atoms with E-state index in [0.29, 0.717) is 0 Å². The molecule has 1 aromatic carbocycles. The summed E-state index contributed by atoms with van der Waals surface area (Å²) in [6.07, 6.45) is 0. The van der Waals surface area contributed by atoms with Crippen molar-refractivity contribution in [2.75, 3.05) is 0 Å². The van der Waals surface area contributed by atoms with Gasteiger partial charge in [-0.05, 0) is 51.9 Å². The van der Waals surface area contributed by atoms with E-state index < -0.39 is 0 Å². The Morgan fingerprint density at radius 3 is 2.92 bits per heavy atom. The third kappa shape index (κ3) is 1.34. The number of nitriles is 1. The van der Waals surface area contributed by atoms with E-state index in [4.69, 9.17) is 5.26 Å². The Kier molecular flexibility index (Phi) is 2.26. The number of hydrogen-bond acceptors (Lipinski definition) is 2. The highest BCUT2D eigenvalue weighted by molar-refractivity contribution is 14.1. The zero-order chi connectivity index (χ0) is 9.42. The maximum absolute atomic E-state index is 8.83. The molecule has 0 spiro atoms. The van der Waals surface area contributed by atoms with Crippen molar-refractivity contribution < 1.29 is 0 Å². The Morgan fingerprint density at radius 1 is 1.46 bits per heavy atom. The zero-order valence-electron chi connectivity index (χ0n) is 6.97. The molecular weight excluding hydrogens is 293 g/mol. The van der Waals surface area contributed by atoms with Crippen LogP contribution in [0.3, 0.4) is 0 Å². The van der Waals surface area contributed by atoms with Crippen LogP contribution in [0.4, 0.5) is 0 Å². The van der Waals surface area contributed by atoms with Crippen LogP contribution in [0.2, 0.25) is 0 Å². The SMILES string of the molecule is Cc1csc2c(I)c(C#N)ccc12. The van der Waals surface area contributed by atoms with Crippen molar-refractivity contribution in [3.05, 3.63) is 32.2 Å². The van der Waals surface area contributed by atoms with E-state index in [1.165, 1.54) is 15.6 Å². The van der Waals surface area contributed by atoms with Crippen LogP contribution in [0, 0.1) is 21.8 Å². The van der Waals surface area contributed by atoms with Crippen LogP contribution in [0.5, 0.6) is 0 Å². The Bertz CT molecular complexity index is 507. The maximum Gasteiger partial charge on any atom is 0.100 e. The highest BCUT2D eigenvalue weighted by Crippen LogP contribution is 2.31. The third-order valence-corrected chi connectivity index (χ3v) is 4.61. The predicted molar refractivity (Wildman–Crippen MR) is 64.0 cm³/mol. The van der Waals surface area contributed by atoms with Crippen LogP contribution in [-0.2, 0) is 0 Å². The summed E-state index contributed by atoms with van der Waals surface area (Å²) in [7, 11) is 0. The summed E-state index contributed by atoms with van der Waals surface area (Å²) in [5.74, 6) is 0. The molecule has 0 saturated heterocycles. The first-order chi connectivity index (χ1) is 6.24. The number of fused-ring (bicyclic) bond motifs is 1. The number of halogens is 1. The molecule has 0 aliphatic heterocycles. The zero-order valence-corrected chi connectivity index (χ0v) is 9.94. The van der Waals surface area contributed by atoms with Gasteiger partial charge in [0.05, 0.1) is 5.56 Å². The van der Waals surface area contributed by atoms with Crippen LogP contribution in [0.15, 0.2) is 17.5 Å². The summed E-state index contributed by atoms with van der Waals surface area (Å²) in [5.41, 5.74) is 2.07. The van der Waals surface area contributed by atoms with Gasteiger partial charge in [0.1, 0.15) is 6.07 Å². The fourth-order valence-electron chi connectivity index (χ4n) is 1.28. The predicted octanol–water partition coefficient (Wildman–Crippen LogP) is 3.69. The minimum atomic E-state index is 0.773. The average molecular weight is 299 g/mol. The molecule has 0 N–H and O–H groups in total. The molecule has 1 heterocycles. The Balaban J connectivity index is 2.90. The molecule has 0 fully saturated rings. The van der Waals surface area contributed by atoms with E-state index in [-0.39, 0.29) is 0 Å². The van der Waals surface area contributed by atoms with Gasteiger partial charge in [-0.2, -0.15) is 5.26 Å². The number of benzene rings is 1. The lowest BCUT2D eigenvalue weighted by Crippen LogP contribution is -1.80. The second-order valence-electron chi connectivity index (χ2n) is 2.83. The average Bonchev–Trinajstić information content (AvgIpc) is 2.50. The van der Waals surface area contributed by atoms with Crippen LogP contribution < -0.4 is 0 Å². The van der Waals surface area contributed by atoms with Gasteiger partial charge in [0.25, 0.3) is 0 Å². The summed E-state index contributed by atoms with van der Waals surface area (Å²) >= 11 is 3.95. The van der Waals surface area contributed by atoms with Crippen molar-refractivity contribution in [3.63, 3.8) is 0 Å². The monoisotopic (exact) mass is 299 g/mol. The molecule has 0 amide bonds. The van der Waals surface area contributed by atoms with E-state index in [0.717, 1.165) is 9.13 Å². The number of hydrogen-bond donors (Lipinski definition) is 0. The first kappa shape index (κ1) is 8.97. The molecule has 0 saturated carbocycles. The van der Waals surface area contributed by atoms with Gasteiger partial charge in [-0.1, -0.05) is 6.07 Å². The van der Waals surface area contributed by atoms with Crippen molar-refractivity contribution in [2.24, 2.45) is 0 Å². The number of nitrogens with zero attached hydrogens (tertiary/aromatic N) is 1. The van der Waals surface area contributed by atoms with E-state index >= 15 is 0 Å². The number of thiophene rings is 1. The summed E-state index contributed by atoms with van der Waals surface area (Å²) in [6, 6.07) is 6.12. The third-order valence-electron chi connectivity index (χ3n) is 2.00. The van der Waals surface area contributed by atoms with E-state index in [2.05, 4.69) is 41.0 Å². The maximum atomic E-state index is 8.83. The standard InChI is InChI=1S/C10H6INS/c1-6-5-13-10-8(6)3-2-7(4-12)9(10)11/h2-3,5H,1H3. The molecule has 3 heteroatoms. The molecule has 64 valence electrons. The summed E-state index contributed by atoms with van der Waals surface area (Å²) in [4.78, 5) is 0. The molecule has 2 aromatic rings. The van der Waals surface area contributed by atoms with Crippen molar-refractivity contribution in [1.82, 2.24) is 0 Å². The van der Waals surface area contributed by atoms with Crippen molar-refractivity contribution in [3.8, 4) is 6.07 Å². The second-order valence-corrected chi connectivity index (χ2v) is 4.79. The van der Waals surface area contributed by atoms with Gasteiger partial charge in [-0.3, -0.25) is 0 Å². The molecule has 0 aliphatic rings. The Labute approximate surface area is 94.1 Å². The molecule has 0 bridgehead atoms. The largest absolute Gasteiger partial charge is 0.192 e. The highest BCUT2D eigenvalue weighted by atomic mass is 127. The lowest BCUT2D eigenvalue weighted by atomic mass is 10.1. The van der Waals surface area contributed by atoms with Gasteiger partial charge in [0, 0.05) is 8.27 Å². The minimum absolute atomic E-state index is 0.773. The second kappa shape index (κ2) is 3.28. The molecule has 1 aromatic heterocycles. The van der Waals surface area contributed by atoms with Gasteiger partial charge in [0.2, 0.25) is 0 Å². The number of aryl methyl sites for hydroxylation is 1. The molecule has 2 rings (SSSR count). The topological polar surface area (TPSA) is 23.8 Å². The fraction of sp³-hybridized carbons (Fsp3) is 0.100. The first-order valence-electron chi connectivity index (χ1n) is 3.80. The molecule has 13 heavy (non-hydrogen) atoms. The van der Waals surface area contributed by atoms with Crippen molar-refractivity contribution in [2.45, 2.75) is 6.92 Å². The van der Waals surface area contributed by atoms with E-state index in [1.807, 2.05) is 12.1 Å². The van der Waals surface area contributed by atoms with Gasteiger partial charge < -0.3 is 0 Å². The molecular formula is C10H6INS. The lowest BCUT2D eigenvalue weighted by Gasteiger charge is -1.96. The molecule has 0 radical (unpaired) electrons. The van der Waals surface area contributed by atoms with Crippen LogP contribution in [-0.4, -0.2) is 0 Å². The summed E-state index contributed by atoms with van der Waals surface area (Å²) in [5, 5.41) is 12.2. The summed E-state index contributed by atoms with van der Waals surface area (Å²) < 4.78 is 2.31. The van der Waals surface area contributed by atoms with Gasteiger partial charge in [-0.15, -0.1) is 11.3 Å². The number of rotatable bonds is 0. The smallest absolute Gasteiger partial charge is 0.100 e. The highest BCUT2D eigenvalue weighted by Gasteiger charge is 2.07. The minimum Gasteiger partial charge on any atom is -0.192 e. The van der Waals surface area contributed by atoms with Crippen LogP contribution in [0.1, 0.15) is 11.1 Å². The first-order valence-corrected chi connectivity index (χ1v) is 5.76. The molecule has 0 atom stereocenters. The summed E-state index contributed by atoms with van der Waals surface area (Å²) in [6.45, 7) is 2.10. The van der Waals surface area contributed by atoms with E-state index in [1.54, 1.807) is 11.3 Å². The van der Waals surface area contributed by atoms with Gasteiger partial charge >= 0.3 is 0 Å². The van der Waals surface area contributed by atoms with Crippen LogP contribution in [0.25, 0.3) is 10.1 Å².